The first-order valence-corrected chi connectivity index (χ1v) is 9.13. The highest BCUT2D eigenvalue weighted by atomic mass is 35.5. The molecule has 0 spiro atoms. The van der Waals surface area contributed by atoms with E-state index in [-0.39, 0.29) is 0 Å². The molecule has 3 rings (SSSR count). The van der Waals surface area contributed by atoms with Crippen LogP contribution in [0.3, 0.4) is 0 Å². The first-order chi connectivity index (χ1) is 12.9. The Morgan fingerprint density at radius 3 is 2.33 bits per heavy atom. The lowest BCUT2D eigenvalue weighted by molar-refractivity contribution is 0.963. The lowest BCUT2D eigenvalue weighted by Gasteiger charge is -2.15. The number of benzene rings is 2. The summed E-state index contributed by atoms with van der Waals surface area (Å²) in [5.41, 5.74) is 6.79. The maximum atomic E-state index is 9.64. The molecule has 3 aromatic rings. The summed E-state index contributed by atoms with van der Waals surface area (Å²) in [7, 11) is 4.06. The molecule has 0 aliphatic rings. The molecule has 0 atom stereocenters. The van der Waals surface area contributed by atoms with Gasteiger partial charge in [0.15, 0.2) is 0 Å². The van der Waals surface area contributed by atoms with E-state index in [9.17, 15) is 5.26 Å². The average molecular weight is 376 g/mol. The Morgan fingerprint density at radius 1 is 1.07 bits per heavy atom. The van der Waals surface area contributed by atoms with Crippen molar-refractivity contribution in [2.24, 2.45) is 0 Å². The molecule has 0 saturated carbocycles. The number of aromatic nitrogens is 1. The van der Waals surface area contributed by atoms with E-state index in [2.05, 4.69) is 59.7 Å². The molecular weight excluding hydrogens is 354 g/mol. The first kappa shape index (κ1) is 18.8. The van der Waals surface area contributed by atoms with Crippen molar-refractivity contribution >= 4 is 28.9 Å². The lowest BCUT2D eigenvalue weighted by Crippen LogP contribution is -2.08. The van der Waals surface area contributed by atoms with Crippen LogP contribution < -0.4 is 4.90 Å². The average Bonchev–Trinajstić information content (AvgIpc) is 2.93. The highest BCUT2D eigenvalue weighted by Crippen LogP contribution is 2.28. The van der Waals surface area contributed by atoms with E-state index in [0.717, 1.165) is 33.9 Å². The van der Waals surface area contributed by atoms with Crippen molar-refractivity contribution in [3.8, 4) is 11.8 Å². The number of allylic oxidation sites excluding steroid dienone is 1. The molecule has 3 nitrogen and oxygen atoms in total. The van der Waals surface area contributed by atoms with Gasteiger partial charge in [-0.15, -0.1) is 0 Å². The van der Waals surface area contributed by atoms with E-state index >= 15 is 0 Å². The van der Waals surface area contributed by atoms with Gasteiger partial charge in [-0.2, -0.15) is 5.26 Å². The third-order valence-corrected chi connectivity index (χ3v) is 5.01. The maximum absolute atomic E-state index is 9.64. The summed E-state index contributed by atoms with van der Waals surface area (Å²) in [6.45, 7) is 4.14. The number of hydrogen-bond acceptors (Lipinski definition) is 2. The fourth-order valence-electron chi connectivity index (χ4n) is 3.24. The van der Waals surface area contributed by atoms with Gasteiger partial charge < -0.3 is 9.47 Å². The molecular formula is C23H22ClN3. The Morgan fingerprint density at radius 2 is 1.74 bits per heavy atom. The topological polar surface area (TPSA) is 32.0 Å². The monoisotopic (exact) mass is 375 g/mol. The third-order valence-electron chi connectivity index (χ3n) is 4.68. The van der Waals surface area contributed by atoms with Crippen LogP contribution in [0.1, 0.15) is 22.5 Å². The lowest BCUT2D eigenvalue weighted by atomic mass is 10.0. The molecule has 0 bridgehead atoms. The van der Waals surface area contributed by atoms with Gasteiger partial charge in [0, 0.05) is 47.4 Å². The number of rotatable bonds is 4. The van der Waals surface area contributed by atoms with Gasteiger partial charge in [0.05, 0.1) is 11.6 Å². The van der Waals surface area contributed by atoms with E-state index in [0.29, 0.717) is 10.6 Å². The van der Waals surface area contributed by atoms with E-state index in [1.165, 1.54) is 0 Å². The molecule has 27 heavy (non-hydrogen) atoms. The highest BCUT2D eigenvalue weighted by molar-refractivity contribution is 6.32. The summed E-state index contributed by atoms with van der Waals surface area (Å²) in [5.74, 6) is 0. The van der Waals surface area contributed by atoms with Crippen LogP contribution in [-0.2, 0) is 0 Å². The smallest absolute Gasteiger partial charge is 0.0998 e. The summed E-state index contributed by atoms with van der Waals surface area (Å²) in [5, 5.41) is 10.2. The summed E-state index contributed by atoms with van der Waals surface area (Å²) in [6, 6.07) is 20.3. The van der Waals surface area contributed by atoms with Crippen molar-refractivity contribution in [2.75, 3.05) is 19.0 Å². The highest BCUT2D eigenvalue weighted by Gasteiger charge is 2.12. The van der Waals surface area contributed by atoms with Crippen LogP contribution in [0.5, 0.6) is 0 Å². The van der Waals surface area contributed by atoms with Crippen LogP contribution in [0.2, 0.25) is 5.02 Å². The summed E-state index contributed by atoms with van der Waals surface area (Å²) in [6.07, 6.45) is 1.91. The van der Waals surface area contributed by atoms with Crippen molar-refractivity contribution in [1.82, 2.24) is 4.57 Å². The number of nitriles is 1. The van der Waals surface area contributed by atoms with Crippen LogP contribution in [-0.4, -0.2) is 18.7 Å². The van der Waals surface area contributed by atoms with Gasteiger partial charge in [0.25, 0.3) is 0 Å². The minimum atomic E-state index is 0.559. The molecule has 1 heterocycles. The zero-order valence-electron chi connectivity index (χ0n) is 16.0. The quantitative estimate of drug-likeness (QED) is 0.533. The van der Waals surface area contributed by atoms with Crippen LogP contribution in [0, 0.1) is 25.2 Å². The fourth-order valence-corrected chi connectivity index (χ4v) is 3.47. The molecule has 0 amide bonds. The van der Waals surface area contributed by atoms with E-state index in [1.807, 2.05) is 38.4 Å². The Balaban J connectivity index is 2.05. The van der Waals surface area contributed by atoms with Crippen LogP contribution in [0.25, 0.3) is 17.3 Å². The molecule has 0 saturated heterocycles. The summed E-state index contributed by atoms with van der Waals surface area (Å²) in [4.78, 5) is 2.08. The zero-order chi connectivity index (χ0) is 19.6. The minimum Gasteiger partial charge on any atom is -0.378 e. The van der Waals surface area contributed by atoms with Crippen LogP contribution in [0.4, 0.5) is 5.69 Å². The second-order valence-electron chi connectivity index (χ2n) is 6.72. The Bertz CT molecular complexity index is 1030. The molecule has 136 valence electrons. The van der Waals surface area contributed by atoms with Crippen LogP contribution >= 0.6 is 11.6 Å². The zero-order valence-corrected chi connectivity index (χ0v) is 16.7. The summed E-state index contributed by atoms with van der Waals surface area (Å²) >= 11 is 6.28. The predicted octanol–water partition coefficient (Wildman–Crippen LogP) is 5.88. The molecule has 2 aromatic carbocycles. The van der Waals surface area contributed by atoms with E-state index < -0.39 is 0 Å². The molecule has 0 N–H and O–H groups in total. The first-order valence-electron chi connectivity index (χ1n) is 8.75. The molecule has 0 aliphatic carbocycles. The summed E-state index contributed by atoms with van der Waals surface area (Å²) < 4.78 is 2.20. The van der Waals surface area contributed by atoms with Gasteiger partial charge in [0.1, 0.15) is 0 Å². The normalized spacial score (nSPS) is 11.3. The van der Waals surface area contributed by atoms with Gasteiger partial charge in [0.2, 0.25) is 0 Å². The third kappa shape index (κ3) is 3.77. The van der Waals surface area contributed by atoms with Crippen molar-refractivity contribution in [2.45, 2.75) is 13.8 Å². The predicted molar refractivity (Wildman–Crippen MR) is 115 cm³/mol. The Hall–Kier alpha value is -2.96. The van der Waals surface area contributed by atoms with Crippen LogP contribution in [0.15, 0.2) is 54.6 Å². The van der Waals surface area contributed by atoms with Crippen molar-refractivity contribution in [1.29, 1.82) is 5.26 Å². The van der Waals surface area contributed by atoms with Crippen molar-refractivity contribution < 1.29 is 0 Å². The van der Waals surface area contributed by atoms with E-state index in [4.69, 9.17) is 11.6 Å². The van der Waals surface area contributed by atoms with Gasteiger partial charge >= 0.3 is 0 Å². The molecule has 0 fully saturated rings. The molecule has 4 heteroatoms. The standard InChI is InChI=1S/C23H22ClN3/c1-16-13-18(14-19(15-25)22-7-5-6-8-23(22)24)17(2)27(16)21-11-9-20(10-12-21)26(3)4/h5-14H,1-4H3. The van der Waals surface area contributed by atoms with E-state index in [1.54, 1.807) is 6.07 Å². The minimum absolute atomic E-state index is 0.559. The van der Waals surface area contributed by atoms with Gasteiger partial charge in [-0.25, -0.2) is 0 Å². The number of nitrogens with zero attached hydrogens (tertiary/aromatic N) is 3. The molecule has 1 aromatic heterocycles. The number of anilines is 1. The maximum Gasteiger partial charge on any atom is 0.0998 e. The van der Waals surface area contributed by atoms with Crippen molar-refractivity contribution in [3.63, 3.8) is 0 Å². The molecule has 0 unspecified atom stereocenters. The van der Waals surface area contributed by atoms with Gasteiger partial charge in [-0.3, -0.25) is 0 Å². The molecule has 0 aliphatic heterocycles. The number of aryl methyl sites for hydroxylation is 1. The number of hydrogen-bond donors (Lipinski definition) is 0. The fraction of sp³-hybridized carbons (Fsp3) is 0.174. The molecule has 0 radical (unpaired) electrons. The second-order valence-corrected chi connectivity index (χ2v) is 7.13. The van der Waals surface area contributed by atoms with Crippen molar-refractivity contribution in [3.05, 3.63) is 82.1 Å². The van der Waals surface area contributed by atoms with Gasteiger partial charge in [-0.1, -0.05) is 29.8 Å². The Kier molecular flexibility index (Phi) is 5.39. The Labute approximate surface area is 165 Å². The SMILES string of the molecule is Cc1cc(C=C(C#N)c2ccccc2Cl)c(C)n1-c1ccc(N(C)C)cc1. The second kappa shape index (κ2) is 7.73. The van der Waals surface area contributed by atoms with Gasteiger partial charge in [-0.05, 0) is 61.9 Å². The number of halogens is 1. The largest absolute Gasteiger partial charge is 0.378 e.